The number of anilines is 2. The number of carbonyl (C=O) groups is 1. The number of aromatic nitrogens is 1. The Morgan fingerprint density at radius 2 is 1.51 bits per heavy atom. The van der Waals surface area contributed by atoms with Gasteiger partial charge < -0.3 is 24.3 Å². The van der Waals surface area contributed by atoms with Gasteiger partial charge in [0.15, 0.2) is 28.1 Å². The molecule has 0 saturated carbocycles. The van der Waals surface area contributed by atoms with Crippen molar-refractivity contribution in [3.8, 4) is 34.3 Å². The molecule has 6 rings (SSSR count). The third-order valence-corrected chi connectivity index (χ3v) is 8.51. The number of nitrogens with one attached hydrogen (secondary N) is 2. The van der Waals surface area contributed by atoms with Gasteiger partial charge in [0.1, 0.15) is 13.2 Å². The Morgan fingerprint density at radius 1 is 0.784 bits per heavy atom. The Kier molecular flexibility index (Phi) is 11.6. The second-order valence-electron chi connectivity index (χ2n) is 11.5. The number of hydrogen-bond donors (Lipinski definition) is 2. The van der Waals surface area contributed by atoms with Crippen LogP contribution in [0.2, 0.25) is 0 Å². The quantitative estimate of drug-likeness (QED) is 0.0814. The molecule has 0 saturated heterocycles. The maximum absolute atomic E-state index is 12.8. The van der Waals surface area contributed by atoms with Crippen LogP contribution in [0.15, 0.2) is 126 Å². The summed E-state index contributed by atoms with van der Waals surface area (Å²) in [5.74, 6) is 2.11. The first kappa shape index (κ1) is 34.7. The van der Waals surface area contributed by atoms with E-state index >= 15 is 0 Å². The summed E-state index contributed by atoms with van der Waals surface area (Å²) in [6, 6.07) is 36.6. The van der Waals surface area contributed by atoms with E-state index in [1.54, 1.807) is 25.5 Å². The highest BCUT2D eigenvalue weighted by molar-refractivity contribution is 7.14. The molecule has 0 bridgehead atoms. The molecule has 1 heterocycles. The van der Waals surface area contributed by atoms with E-state index in [9.17, 15) is 4.79 Å². The lowest BCUT2D eigenvalue weighted by molar-refractivity contribution is 0.0955. The van der Waals surface area contributed by atoms with Crippen LogP contribution in [0.4, 0.5) is 10.8 Å². The van der Waals surface area contributed by atoms with Gasteiger partial charge in [0.25, 0.3) is 5.91 Å². The number of methoxy groups -OCH3 is 1. The van der Waals surface area contributed by atoms with Gasteiger partial charge in [0.2, 0.25) is 0 Å². The first-order chi connectivity index (χ1) is 25.0. The smallest absolute Gasteiger partial charge is 0.271 e. The summed E-state index contributed by atoms with van der Waals surface area (Å²) in [5, 5.41) is 10.3. The van der Waals surface area contributed by atoms with E-state index in [4.69, 9.17) is 18.9 Å². The molecule has 0 unspecified atom stereocenters. The van der Waals surface area contributed by atoms with Crippen LogP contribution in [0.25, 0.3) is 11.3 Å². The van der Waals surface area contributed by atoms with Crippen molar-refractivity contribution in [1.29, 1.82) is 0 Å². The highest BCUT2D eigenvalue weighted by atomic mass is 32.1. The van der Waals surface area contributed by atoms with Gasteiger partial charge in [-0.2, -0.15) is 5.10 Å². The molecule has 1 aromatic heterocycles. The lowest BCUT2D eigenvalue weighted by Crippen LogP contribution is -2.17. The topological polar surface area (TPSA) is 103 Å². The SMILES string of the molecule is CCOc1cc(/C=N/NC(=O)c2ccc(-c3csc(Nc4ccc(C)cc4)n3)cc2)ccc1OCc1ccc(OCc2ccccc2)c(OC)c1. The van der Waals surface area contributed by atoms with Crippen LogP contribution in [0.1, 0.15) is 39.5 Å². The zero-order valence-corrected chi connectivity index (χ0v) is 29.4. The molecule has 51 heavy (non-hydrogen) atoms. The Bertz CT molecular complexity index is 2080. The predicted molar refractivity (Wildman–Crippen MR) is 203 cm³/mol. The first-order valence-electron chi connectivity index (χ1n) is 16.4. The molecular weight excluding hydrogens is 661 g/mol. The summed E-state index contributed by atoms with van der Waals surface area (Å²) >= 11 is 1.53. The van der Waals surface area contributed by atoms with Gasteiger partial charge in [-0.05, 0) is 85.1 Å². The largest absolute Gasteiger partial charge is 0.493 e. The van der Waals surface area contributed by atoms with Crippen molar-refractivity contribution in [3.05, 3.63) is 148 Å². The molecule has 0 spiro atoms. The third kappa shape index (κ3) is 9.52. The van der Waals surface area contributed by atoms with Gasteiger partial charge in [0.05, 0.1) is 25.6 Å². The Hall–Kier alpha value is -6.13. The third-order valence-electron chi connectivity index (χ3n) is 7.76. The fourth-order valence-corrected chi connectivity index (χ4v) is 5.80. The average molecular weight is 699 g/mol. The molecule has 0 radical (unpaired) electrons. The van der Waals surface area contributed by atoms with E-state index in [1.807, 2.05) is 103 Å². The minimum atomic E-state index is -0.324. The number of carbonyl (C=O) groups excluding carboxylic acids is 1. The molecular formula is C41H38N4O5S. The number of hydrazone groups is 1. The van der Waals surface area contributed by atoms with Crippen LogP contribution in [0.3, 0.4) is 0 Å². The fourth-order valence-electron chi connectivity index (χ4n) is 5.06. The predicted octanol–water partition coefficient (Wildman–Crippen LogP) is 9.19. The summed E-state index contributed by atoms with van der Waals surface area (Å²) in [7, 11) is 1.62. The maximum atomic E-state index is 12.8. The van der Waals surface area contributed by atoms with Crippen molar-refractivity contribution in [3.63, 3.8) is 0 Å². The van der Waals surface area contributed by atoms with Crippen molar-refractivity contribution in [2.45, 2.75) is 27.1 Å². The van der Waals surface area contributed by atoms with E-state index in [1.165, 1.54) is 16.9 Å². The van der Waals surface area contributed by atoms with E-state index in [0.29, 0.717) is 48.4 Å². The molecule has 9 nitrogen and oxygen atoms in total. The van der Waals surface area contributed by atoms with E-state index in [0.717, 1.165) is 38.8 Å². The lowest BCUT2D eigenvalue weighted by Gasteiger charge is -2.15. The Balaban J connectivity index is 1.02. The van der Waals surface area contributed by atoms with Crippen molar-refractivity contribution in [1.82, 2.24) is 10.4 Å². The van der Waals surface area contributed by atoms with Crippen LogP contribution in [0, 0.1) is 6.92 Å². The number of nitrogens with zero attached hydrogens (tertiary/aromatic N) is 2. The summed E-state index contributed by atoms with van der Waals surface area (Å²) in [5.41, 5.74) is 9.74. The van der Waals surface area contributed by atoms with Crippen LogP contribution in [-0.2, 0) is 13.2 Å². The Morgan fingerprint density at radius 3 is 2.25 bits per heavy atom. The molecule has 6 aromatic rings. The molecule has 2 N–H and O–H groups in total. The van der Waals surface area contributed by atoms with Crippen molar-refractivity contribution < 1.29 is 23.7 Å². The number of benzene rings is 5. The van der Waals surface area contributed by atoms with Gasteiger partial charge in [-0.25, -0.2) is 10.4 Å². The first-order valence-corrected chi connectivity index (χ1v) is 17.3. The molecule has 1 amide bonds. The van der Waals surface area contributed by atoms with Gasteiger partial charge in [0, 0.05) is 22.2 Å². The number of rotatable bonds is 15. The summed E-state index contributed by atoms with van der Waals surface area (Å²) in [6.45, 7) is 5.16. The number of amides is 1. The van der Waals surface area contributed by atoms with E-state index in [-0.39, 0.29) is 5.91 Å². The van der Waals surface area contributed by atoms with Crippen molar-refractivity contribution in [2.24, 2.45) is 5.10 Å². The highest BCUT2D eigenvalue weighted by Crippen LogP contribution is 2.32. The number of aryl methyl sites for hydroxylation is 1. The minimum Gasteiger partial charge on any atom is -0.493 e. The zero-order chi connectivity index (χ0) is 35.4. The fraction of sp³-hybridized carbons (Fsp3) is 0.146. The molecule has 0 aliphatic rings. The van der Waals surface area contributed by atoms with Gasteiger partial charge >= 0.3 is 0 Å². The van der Waals surface area contributed by atoms with Crippen LogP contribution in [-0.4, -0.2) is 30.8 Å². The molecule has 5 aromatic carbocycles. The monoisotopic (exact) mass is 698 g/mol. The molecule has 0 fully saturated rings. The van der Waals surface area contributed by atoms with Crippen LogP contribution < -0.4 is 29.7 Å². The molecule has 0 aliphatic carbocycles. The van der Waals surface area contributed by atoms with Gasteiger partial charge in [-0.3, -0.25) is 4.79 Å². The average Bonchev–Trinajstić information content (AvgIpc) is 3.63. The van der Waals surface area contributed by atoms with Crippen LogP contribution >= 0.6 is 11.3 Å². The summed E-state index contributed by atoms with van der Waals surface area (Å²) in [6.07, 6.45) is 1.56. The van der Waals surface area contributed by atoms with E-state index in [2.05, 4.69) is 39.9 Å². The van der Waals surface area contributed by atoms with Gasteiger partial charge in [-0.1, -0.05) is 66.2 Å². The number of thiazole rings is 1. The summed E-state index contributed by atoms with van der Waals surface area (Å²) < 4.78 is 23.5. The second kappa shape index (κ2) is 17.0. The van der Waals surface area contributed by atoms with E-state index < -0.39 is 0 Å². The number of hydrogen-bond acceptors (Lipinski definition) is 9. The van der Waals surface area contributed by atoms with Crippen molar-refractivity contribution >= 4 is 34.3 Å². The standard InChI is InChI=1S/C41H38N4O5S/c1-4-48-39-22-30(12-20-37(39)50-26-31-13-21-36(38(23-31)47-3)49-25-29-8-6-5-7-9-29)24-42-45-40(46)33-16-14-32(15-17-33)35-27-51-41(44-35)43-34-18-10-28(2)11-19-34/h5-24,27H,4,25-26H2,1-3H3,(H,43,44)(H,45,46)/b42-24+. The van der Waals surface area contributed by atoms with Crippen molar-refractivity contribution in [2.75, 3.05) is 19.0 Å². The van der Waals surface area contributed by atoms with Gasteiger partial charge in [-0.15, -0.1) is 11.3 Å². The maximum Gasteiger partial charge on any atom is 0.271 e. The zero-order valence-electron chi connectivity index (χ0n) is 28.6. The highest BCUT2D eigenvalue weighted by Gasteiger charge is 2.11. The summed E-state index contributed by atoms with van der Waals surface area (Å²) in [4.78, 5) is 17.5. The lowest BCUT2D eigenvalue weighted by atomic mass is 10.1. The molecule has 0 atom stereocenters. The second-order valence-corrected chi connectivity index (χ2v) is 12.4. The normalized spacial score (nSPS) is 10.9. The number of ether oxygens (including phenoxy) is 4. The molecule has 0 aliphatic heterocycles. The Labute approximate surface area is 301 Å². The minimum absolute atomic E-state index is 0.297. The van der Waals surface area contributed by atoms with Crippen LogP contribution in [0.5, 0.6) is 23.0 Å². The molecule has 258 valence electrons. The molecule has 10 heteroatoms.